The smallest absolute Gasteiger partial charge is 0.407 e. The second-order valence-corrected chi connectivity index (χ2v) is 5.06. The summed E-state index contributed by atoms with van der Waals surface area (Å²) in [5, 5.41) is 0. The highest BCUT2D eigenvalue weighted by Crippen LogP contribution is 2.21. The minimum atomic E-state index is -0.222. The van der Waals surface area contributed by atoms with Gasteiger partial charge in [-0.15, -0.1) is 0 Å². The van der Waals surface area contributed by atoms with Crippen LogP contribution in [0.15, 0.2) is 24.3 Å². The molecule has 0 spiro atoms. The zero-order valence-electron chi connectivity index (χ0n) is 9.90. The van der Waals surface area contributed by atoms with Gasteiger partial charge in [0.2, 0.25) is 0 Å². The van der Waals surface area contributed by atoms with E-state index in [0.29, 0.717) is 6.54 Å². The van der Waals surface area contributed by atoms with Crippen molar-refractivity contribution < 1.29 is 9.31 Å². The lowest BCUT2D eigenvalue weighted by molar-refractivity contribution is 0.0343. The number of benzene rings is 1. The summed E-state index contributed by atoms with van der Waals surface area (Å²) >= 11 is 0. The minimum absolute atomic E-state index is 0.119. The van der Waals surface area contributed by atoms with Gasteiger partial charge in [0, 0.05) is 25.2 Å². The third-order valence-corrected chi connectivity index (χ3v) is 2.74. The van der Waals surface area contributed by atoms with E-state index in [9.17, 15) is 0 Å². The number of hydrogen-bond acceptors (Lipinski definition) is 3. The molecule has 16 heavy (non-hydrogen) atoms. The van der Waals surface area contributed by atoms with Gasteiger partial charge in [0.25, 0.3) is 0 Å². The van der Waals surface area contributed by atoms with Crippen LogP contribution < -0.4 is 11.2 Å². The van der Waals surface area contributed by atoms with Crippen molar-refractivity contribution >= 4 is 12.6 Å². The molecule has 1 saturated heterocycles. The van der Waals surface area contributed by atoms with E-state index >= 15 is 0 Å². The van der Waals surface area contributed by atoms with Gasteiger partial charge >= 0.3 is 7.12 Å². The first-order valence-electron chi connectivity index (χ1n) is 5.63. The summed E-state index contributed by atoms with van der Waals surface area (Å²) in [6.07, 6.45) is 0. The lowest BCUT2D eigenvalue weighted by atomic mass is 9.76. The SMILES string of the molecule is CC1(C)COB(c2ccc(CN)cc2)OC1. The molecule has 86 valence electrons. The van der Waals surface area contributed by atoms with Crippen LogP contribution in [0, 0.1) is 5.41 Å². The molecule has 0 amide bonds. The van der Waals surface area contributed by atoms with E-state index in [1.54, 1.807) is 0 Å². The molecule has 1 aromatic rings. The molecule has 1 aliphatic rings. The number of nitrogens with two attached hydrogens (primary N) is 1. The zero-order chi connectivity index (χ0) is 11.6. The van der Waals surface area contributed by atoms with Gasteiger partial charge in [0.1, 0.15) is 0 Å². The summed E-state index contributed by atoms with van der Waals surface area (Å²) in [4.78, 5) is 0. The molecule has 0 saturated carbocycles. The molecule has 1 heterocycles. The molecule has 1 aromatic carbocycles. The predicted octanol–water partition coefficient (Wildman–Crippen LogP) is 0.913. The summed E-state index contributed by atoms with van der Waals surface area (Å²) < 4.78 is 11.4. The minimum Gasteiger partial charge on any atom is -0.407 e. The highest BCUT2D eigenvalue weighted by molar-refractivity contribution is 6.61. The van der Waals surface area contributed by atoms with Crippen molar-refractivity contribution in [2.24, 2.45) is 11.1 Å². The molecule has 0 atom stereocenters. The maximum atomic E-state index is 5.70. The van der Waals surface area contributed by atoms with Gasteiger partial charge in [-0.3, -0.25) is 0 Å². The van der Waals surface area contributed by atoms with Crippen LogP contribution in [-0.4, -0.2) is 20.3 Å². The van der Waals surface area contributed by atoms with E-state index in [0.717, 1.165) is 24.2 Å². The van der Waals surface area contributed by atoms with Crippen LogP contribution in [0.5, 0.6) is 0 Å². The van der Waals surface area contributed by atoms with Crippen LogP contribution in [0.3, 0.4) is 0 Å². The maximum Gasteiger partial charge on any atom is 0.493 e. The van der Waals surface area contributed by atoms with Gasteiger partial charge in [-0.25, -0.2) is 0 Å². The van der Waals surface area contributed by atoms with Crippen LogP contribution in [0.4, 0.5) is 0 Å². The number of hydrogen-bond donors (Lipinski definition) is 1. The normalized spacial score (nSPS) is 19.8. The molecule has 0 aromatic heterocycles. The highest BCUT2D eigenvalue weighted by Gasteiger charge is 2.33. The van der Waals surface area contributed by atoms with Gasteiger partial charge in [0.15, 0.2) is 0 Å². The van der Waals surface area contributed by atoms with Crippen molar-refractivity contribution in [2.45, 2.75) is 20.4 Å². The van der Waals surface area contributed by atoms with Gasteiger partial charge < -0.3 is 15.0 Å². The Bertz CT molecular complexity index is 341. The molecule has 1 fully saturated rings. The van der Waals surface area contributed by atoms with Crippen molar-refractivity contribution in [3.63, 3.8) is 0 Å². The second-order valence-electron chi connectivity index (χ2n) is 5.06. The van der Waals surface area contributed by atoms with Crippen molar-refractivity contribution in [3.05, 3.63) is 29.8 Å². The summed E-state index contributed by atoms with van der Waals surface area (Å²) in [6, 6.07) is 8.07. The Labute approximate surface area is 97.1 Å². The molecule has 0 aliphatic carbocycles. The molecule has 2 rings (SSSR count). The molecule has 4 heteroatoms. The summed E-state index contributed by atoms with van der Waals surface area (Å²) in [6.45, 7) is 6.31. The molecular formula is C12H18BNO2. The van der Waals surface area contributed by atoms with Crippen LogP contribution in [-0.2, 0) is 15.9 Å². The van der Waals surface area contributed by atoms with Crippen LogP contribution >= 0.6 is 0 Å². The van der Waals surface area contributed by atoms with E-state index in [2.05, 4.69) is 13.8 Å². The van der Waals surface area contributed by atoms with E-state index < -0.39 is 0 Å². The Morgan fingerprint density at radius 3 is 2.25 bits per heavy atom. The Morgan fingerprint density at radius 2 is 1.75 bits per heavy atom. The highest BCUT2D eigenvalue weighted by atomic mass is 16.6. The molecule has 2 N–H and O–H groups in total. The first-order valence-corrected chi connectivity index (χ1v) is 5.63. The molecule has 0 bridgehead atoms. The van der Waals surface area contributed by atoms with Gasteiger partial charge in [-0.05, 0) is 11.0 Å². The lowest BCUT2D eigenvalue weighted by Gasteiger charge is -2.33. The topological polar surface area (TPSA) is 44.5 Å². The first kappa shape index (κ1) is 11.6. The molecule has 0 unspecified atom stereocenters. The van der Waals surface area contributed by atoms with E-state index in [4.69, 9.17) is 15.0 Å². The summed E-state index contributed by atoms with van der Waals surface area (Å²) in [5.74, 6) is 0. The fraction of sp³-hybridized carbons (Fsp3) is 0.500. The van der Waals surface area contributed by atoms with Crippen molar-refractivity contribution in [1.29, 1.82) is 0 Å². The number of rotatable bonds is 2. The quantitative estimate of drug-likeness (QED) is 0.752. The standard InChI is InChI=1S/C12H18BNO2/c1-12(2)8-15-13(16-9-12)11-5-3-10(7-14)4-6-11/h3-6H,7-9,14H2,1-2H3. The largest absolute Gasteiger partial charge is 0.493 e. The van der Waals surface area contributed by atoms with Crippen LogP contribution in [0.25, 0.3) is 0 Å². The molecule has 3 nitrogen and oxygen atoms in total. The monoisotopic (exact) mass is 219 g/mol. The third-order valence-electron chi connectivity index (χ3n) is 2.74. The fourth-order valence-corrected chi connectivity index (χ4v) is 1.70. The molecular weight excluding hydrogens is 201 g/mol. The molecule has 0 radical (unpaired) electrons. The predicted molar refractivity (Wildman–Crippen MR) is 65.4 cm³/mol. The van der Waals surface area contributed by atoms with Crippen LogP contribution in [0.2, 0.25) is 0 Å². The van der Waals surface area contributed by atoms with Crippen molar-refractivity contribution in [3.8, 4) is 0 Å². The van der Waals surface area contributed by atoms with Gasteiger partial charge in [0.05, 0.1) is 0 Å². The lowest BCUT2D eigenvalue weighted by Crippen LogP contribution is -2.47. The van der Waals surface area contributed by atoms with Crippen LogP contribution in [0.1, 0.15) is 19.4 Å². The van der Waals surface area contributed by atoms with Gasteiger partial charge in [-0.1, -0.05) is 38.1 Å². The second kappa shape index (κ2) is 4.57. The van der Waals surface area contributed by atoms with E-state index in [-0.39, 0.29) is 12.5 Å². The Hall–Kier alpha value is -0.835. The Balaban J connectivity index is 2.03. The van der Waals surface area contributed by atoms with Gasteiger partial charge in [-0.2, -0.15) is 0 Å². The maximum absolute atomic E-state index is 5.70. The summed E-state index contributed by atoms with van der Waals surface area (Å²) in [5.41, 5.74) is 7.86. The van der Waals surface area contributed by atoms with E-state index in [1.807, 2.05) is 24.3 Å². The third kappa shape index (κ3) is 2.64. The van der Waals surface area contributed by atoms with E-state index in [1.165, 1.54) is 0 Å². The average molecular weight is 219 g/mol. The molecule has 1 aliphatic heterocycles. The van der Waals surface area contributed by atoms with Crippen molar-refractivity contribution in [2.75, 3.05) is 13.2 Å². The Kier molecular flexibility index (Phi) is 3.33. The van der Waals surface area contributed by atoms with Crippen molar-refractivity contribution in [1.82, 2.24) is 0 Å². The zero-order valence-corrected chi connectivity index (χ0v) is 9.90. The fourth-order valence-electron chi connectivity index (χ4n) is 1.70. The average Bonchev–Trinajstić information content (AvgIpc) is 2.29. The summed E-state index contributed by atoms with van der Waals surface area (Å²) in [7, 11) is -0.222. The first-order chi connectivity index (χ1) is 7.61. The Morgan fingerprint density at radius 1 is 1.19 bits per heavy atom.